The van der Waals surface area contributed by atoms with E-state index in [4.69, 9.17) is 11.6 Å². The van der Waals surface area contributed by atoms with Crippen LogP contribution in [-0.4, -0.2) is 9.59 Å². The maximum absolute atomic E-state index is 6.24. The zero-order chi connectivity index (χ0) is 13.4. The van der Waals surface area contributed by atoms with Gasteiger partial charge in [-0.05, 0) is 12.8 Å². The lowest BCUT2D eigenvalue weighted by atomic mass is 9.77. The van der Waals surface area contributed by atoms with Crippen molar-refractivity contribution < 1.29 is 0 Å². The highest BCUT2D eigenvalue weighted by molar-refractivity contribution is 7.10. The molecule has 0 bridgehead atoms. The summed E-state index contributed by atoms with van der Waals surface area (Å²) in [5.74, 6) is 0. The molecule has 0 radical (unpaired) electrons. The monoisotopic (exact) mass is 288 g/mol. The largest absolute Gasteiger partial charge is 0.141 e. The van der Waals surface area contributed by atoms with Gasteiger partial charge < -0.3 is 0 Å². The van der Waals surface area contributed by atoms with E-state index in [1.54, 1.807) is 0 Å². The van der Waals surface area contributed by atoms with E-state index in [-0.39, 0.29) is 5.41 Å². The van der Waals surface area contributed by atoms with E-state index in [1.165, 1.54) is 62.9 Å². The molecule has 1 rings (SSSR count). The molecule has 1 aromatic rings. The second-order valence-corrected chi connectivity index (χ2v) is 6.73. The number of aromatic nitrogens is 2. The fourth-order valence-corrected chi connectivity index (χ4v) is 3.33. The van der Waals surface area contributed by atoms with E-state index >= 15 is 0 Å². The van der Waals surface area contributed by atoms with Gasteiger partial charge >= 0.3 is 0 Å². The molecule has 0 aliphatic rings. The highest BCUT2D eigenvalue weighted by Crippen LogP contribution is 2.38. The molecular weight excluding hydrogens is 264 g/mol. The molecule has 0 aliphatic carbocycles. The Labute approximate surface area is 120 Å². The fourth-order valence-electron chi connectivity index (χ4n) is 2.41. The van der Waals surface area contributed by atoms with Crippen LogP contribution >= 0.6 is 23.1 Å². The van der Waals surface area contributed by atoms with E-state index in [1.807, 2.05) is 0 Å². The van der Waals surface area contributed by atoms with E-state index in [2.05, 4.69) is 30.4 Å². The van der Waals surface area contributed by atoms with Crippen LogP contribution in [0.3, 0.4) is 0 Å². The van der Waals surface area contributed by atoms with Crippen molar-refractivity contribution in [2.24, 2.45) is 0 Å². The van der Waals surface area contributed by atoms with E-state index in [0.717, 1.165) is 10.0 Å². The standard InChI is InChI=1S/C14H25ClN2S/c1-4-6-8-9-11-14(3,10-7-5-2)12-13(15)18-17-16-12/h4-11H2,1-3H3. The molecule has 0 aromatic carbocycles. The third-order valence-electron chi connectivity index (χ3n) is 3.68. The fraction of sp³-hybridized carbons (Fsp3) is 0.857. The first-order valence-electron chi connectivity index (χ1n) is 7.12. The molecular formula is C14H25ClN2S. The van der Waals surface area contributed by atoms with Gasteiger partial charge in [0.2, 0.25) is 0 Å². The van der Waals surface area contributed by atoms with Gasteiger partial charge in [0.1, 0.15) is 10.0 Å². The molecule has 0 N–H and O–H groups in total. The number of unbranched alkanes of at least 4 members (excludes halogenated alkanes) is 4. The topological polar surface area (TPSA) is 25.8 Å². The Morgan fingerprint density at radius 1 is 1.06 bits per heavy atom. The first kappa shape index (κ1) is 15.9. The first-order valence-corrected chi connectivity index (χ1v) is 8.27. The summed E-state index contributed by atoms with van der Waals surface area (Å²) in [6.07, 6.45) is 9.99. The number of nitrogens with zero attached hydrogens (tertiary/aromatic N) is 2. The second-order valence-electron chi connectivity index (χ2n) is 5.37. The van der Waals surface area contributed by atoms with E-state index in [9.17, 15) is 0 Å². The van der Waals surface area contributed by atoms with Crippen molar-refractivity contribution in [3.63, 3.8) is 0 Å². The number of rotatable bonds is 9. The van der Waals surface area contributed by atoms with Gasteiger partial charge in [0.05, 0.1) is 0 Å². The molecule has 0 fully saturated rings. The number of hydrogen-bond acceptors (Lipinski definition) is 3. The number of hydrogen-bond donors (Lipinski definition) is 0. The molecule has 0 saturated carbocycles. The maximum atomic E-state index is 6.24. The van der Waals surface area contributed by atoms with E-state index < -0.39 is 0 Å². The van der Waals surface area contributed by atoms with Crippen LogP contribution in [-0.2, 0) is 5.41 Å². The molecule has 1 heterocycles. The maximum Gasteiger partial charge on any atom is 0.138 e. The van der Waals surface area contributed by atoms with Crippen LogP contribution in [0.25, 0.3) is 0 Å². The van der Waals surface area contributed by atoms with Crippen LogP contribution in [0, 0.1) is 0 Å². The Kier molecular flexibility index (Phi) is 7.16. The predicted octanol–water partition coefficient (Wildman–Crippen LogP) is 5.61. The summed E-state index contributed by atoms with van der Waals surface area (Å²) in [5.41, 5.74) is 1.15. The first-order chi connectivity index (χ1) is 8.64. The summed E-state index contributed by atoms with van der Waals surface area (Å²) in [4.78, 5) is 0. The minimum absolute atomic E-state index is 0.119. The van der Waals surface area contributed by atoms with Gasteiger partial charge in [-0.3, -0.25) is 0 Å². The van der Waals surface area contributed by atoms with Crippen LogP contribution < -0.4 is 0 Å². The zero-order valence-electron chi connectivity index (χ0n) is 11.8. The van der Waals surface area contributed by atoms with Crippen LogP contribution in [0.1, 0.15) is 77.8 Å². The van der Waals surface area contributed by atoms with Gasteiger partial charge in [-0.15, -0.1) is 5.10 Å². The van der Waals surface area contributed by atoms with Gasteiger partial charge in [-0.25, -0.2) is 0 Å². The average molecular weight is 289 g/mol. The Balaban J connectivity index is 2.66. The summed E-state index contributed by atoms with van der Waals surface area (Å²) in [6, 6.07) is 0. The van der Waals surface area contributed by atoms with Gasteiger partial charge in [0.15, 0.2) is 0 Å². The van der Waals surface area contributed by atoms with Crippen molar-refractivity contribution in [2.75, 3.05) is 0 Å². The molecule has 2 nitrogen and oxygen atoms in total. The SMILES string of the molecule is CCCCCCC(C)(CCCC)c1nnsc1Cl. The average Bonchev–Trinajstić information content (AvgIpc) is 2.79. The highest BCUT2D eigenvalue weighted by atomic mass is 35.5. The summed E-state index contributed by atoms with van der Waals surface area (Å²) in [6.45, 7) is 6.78. The summed E-state index contributed by atoms with van der Waals surface area (Å²) >= 11 is 7.55. The zero-order valence-corrected chi connectivity index (χ0v) is 13.4. The van der Waals surface area contributed by atoms with E-state index in [0.29, 0.717) is 0 Å². The molecule has 1 unspecified atom stereocenters. The molecule has 0 spiro atoms. The summed E-state index contributed by atoms with van der Waals surface area (Å²) < 4.78 is 4.78. The third-order valence-corrected chi connectivity index (χ3v) is 4.59. The van der Waals surface area contributed by atoms with Crippen LogP contribution in [0.2, 0.25) is 4.34 Å². The minimum Gasteiger partial charge on any atom is -0.141 e. The second kappa shape index (κ2) is 8.11. The van der Waals surface area contributed by atoms with Gasteiger partial charge in [0, 0.05) is 16.9 Å². The lowest BCUT2D eigenvalue weighted by Gasteiger charge is -2.28. The lowest BCUT2D eigenvalue weighted by molar-refractivity contribution is 0.360. The summed E-state index contributed by atoms with van der Waals surface area (Å²) in [5, 5.41) is 4.28. The lowest BCUT2D eigenvalue weighted by Crippen LogP contribution is -2.23. The molecule has 18 heavy (non-hydrogen) atoms. The minimum atomic E-state index is 0.119. The van der Waals surface area contributed by atoms with Crippen LogP contribution in [0.5, 0.6) is 0 Å². The van der Waals surface area contributed by atoms with Crippen molar-refractivity contribution >= 4 is 23.1 Å². The smallest absolute Gasteiger partial charge is 0.138 e. The van der Waals surface area contributed by atoms with Crippen molar-refractivity contribution in [1.82, 2.24) is 9.59 Å². The van der Waals surface area contributed by atoms with Crippen LogP contribution in [0.4, 0.5) is 0 Å². The Morgan fingerprint density at radius 2 is 1.72 bits per heavy atom. The third kappa shape index (κ3) is 4.51. The predicted molar refractivity (Wildman–Crippen MR) is 80.6 cm³/mol. The van der Waals surface area contributed by atoms with Crippen LogP contribution in [0.15, 0.2) is 0 Å². The van der Waals surface area contributed by atoms with Crippen molar-refractivity contribution in [3.8, 4) is 0 Å². The van der Waals surface area contributed by atoms with Gasteiger partial charge in [0.25, 0.3) is 0 Å². The molecule has 0 aliphatic heterocycles. The van der Waals surface area contributed by atoms with Crippen molar-refractivity contribution in [3.05, 3.63) is 10.0 Å². The Bertz CT molecular complexity index is 340. The highest BCUT2D eigenvalue weighted by Gasteiger charge is 2.30. The molecule has 4 heteroatoms. The molecule has 104 valence electrons. The van der Waals surface area contributed by atoms with Gasteiger partial charge in [-0.2, -0.15) is 0 Å². The normalized spacial score (nSPS) is 14.7. The Morgan fingerprint density at radius 3 is 2.28 bits per heavy atom. The van der Waals surface area contributed by atoms with Crippen molar-refractivity contribution in [1.29, 1.82) is 0 Å². The number of halogens is 1. The van der Waals surface area contributed by atoms with Crippen molar-refractivity contribution in [2.45, 2.75) is 77.6 Å². The summed E-state index contributed by atoms with van der Waals surface area (Å²) in [7, 11) is 0. The molecule has 1 atom stereocenters. The molecule has 1 aromatic heterocycles. The quantitative estimate of drug-likeness (QED) is 0.552. The Hall–Kier alpha value is -0.150. The van der Waals surface area contributed by atoms with Gasteiger partial charge in [-0.1, -0.05) is 75.4 Å². The molecule has 0 saturated heterocycles. The molecule has 0 amide bonds.